The average molecular weight is 549 g/mol. The van der Waals surface area contributed by atoms with Crippen molar-refractivity contribution in [3.8, 4) is 17.1 Å². The van der Waals surface area contributed by atoms with Crippen molar-refractivity contribution in [1.29, 1.82) is 0 Å². The molecule has 3 aromatic rings. The number of nitrogens with zero attached hydrogens (tertiary/aromatic N) is 6. The number of piperazine rings is 1. The van der Waals surface area contributed by atoms with E-state index in [9.17, 15) is 9.59 Å². The first-order chi connectivity index (χ1) is 18.9. The summed E-state index contributed by atoms with van der Waals surface area (Å²) in [5.74, 6) is -0.385. The molecular weight excluding hydrogens is 512 g/mol. The third kappa shape index (κ3) is 5.31. The van der Waals surface area contributed by atoms with Gasteiger partial charge in [-0.25, -0.2) is 14.8 Å². The molecule has 0 radical (unpaired) electrons. The molecule has 3 heterocycles. The van der Waals surface area contributed by atoms with Gasteiger partial charge < -0.3 is 30.3 Å². The lowest BCUT2D eigenvalue weighted by atomic mass is 9.93. The lowest BCUT2D eigenvalue weighted by molar-refractivity contribution is 0.00665. The van der Waals surface area contributed by atoms with Crippen LogP contribution < -0.4 is 20.7 Å². The van der Waals surface area contributed by atoms with Gasteiger partial charge in [0.05, 0.1) is 24.2 Å². The third-order valence-corrected chi connectivity index (χ3v) is 7.12. The van der Waals surface area contributed by atoms with Gasteiger partial charge in [0.2, 0.25) is 5.95 Å². The smallest absolute Gasteiger partial charge is 0.342 e. The summed E-state index contributed by atoms with van der Waals surface area (Å²) in [5.41, 5.74) is 10.1. The topological polar surface area (TPSA) is 141 Å². The zero-order chi connectivity index (χ0) is 28.8. The summed E-state index contributed by atoms with van der Waals surface area (Å²) in [7, 11) is 5.38. The van der Waals surface area contributed by atoms with Crippen LogP contribution in [0.2, 0.25) is 0 Å². The van der Waals surface area contributed by atoms with Crippen molar-refractivity contribution in [3.05, 3.63) is 40.7 Å². The van der Waals surface area contributed by atoms with Crippen LogP contribution in [0.4, 0.5) is 17.3 Å². The Kier molecular flexibility index (Phi) is 7.13. The molecule has 0 atom stereocenters. The molecule has 12 nitrogen and oxygen atoms in total. The number of anilines is 3. The molecular formula is C28H36N8O4. The number of aryl methyl sites for hydroxylation is 2. The Bertz CT molecular complexity index is 1470. The molecule has 1 aromatic carbocycles. The number of amides is 1. The van der Waals surface area contributed by atoms with Crippen LogP contribution in [0, 0.1) is 0 Å². The molecule has 1 aliphatic carbocycles. The summed E-state index contributed by atoms with van der Waals surface area (Å²) in [4.78, 5) is 39.2. The normalized spacial score (nSPS) is 15.3. The van der Waals surface area contributed by atoms with Crippen molar-refractivity contribution in [2.45, 2.75) is 39.2 Å². The zero-order valence-electron chi connectivity index (χ0n) is 23.9. The fourth-order valence-corrected chi connectivity index (χ4v) is 5.19. The van der Waals surface area contributed by atoms with E-state index in [1.165, 1.54) is 7.11 Å². The van der Waals surface area contributed by atoms with Gasteiger partial charge in [0, 0.05) is 50.7 Å². The largest absolute Gasteiger partial charge is 0.494 e. The first-order valence-corrected chi connectivity index (χ1v) is 13.3. The number of benzene rings is 1. The molecule has 0 bridgehead atoms. The minimum Gasteiger partial charge on any atom is -0.494 e. The number of carbonyl (C=O) groups is 2. The monoisotopic (exact) mass is 548 g/mol. The number of nitrogens with two attached hydrogens (primary N) is 1. The number of carbonyl (C=O) groups excluding carboxylic acids is 2. The van der Waals surface area contributed by atoms with Gasteiger partial charge >= 0.3 is 5.97 Å². The summed E-state index contributed by atoms with van der Waals surface area (Å²) in [5, 5.41) is 7.63. The summed E-state index contributed by atoms with van der Waals surface area (Å²) in [6, 6.07) is 3.77. The Morgan fingerprint density at radius 2 is 1.80 bits per heavy atom. The number of esters is 1. The Hall–Kier alpha value is -4.19. The number of hydrogen-bond acceptors (Lipinski definition) is 10. The lowest BCUT2D eigenvalue weighted by Gasteiger charge is -2.34. The number of aromatic nitrogens is 4. The quantitative estimate of drug-likeness (QED) is 0.442. The fraction of sp³-hybridized carbons (Fsp3) is 0.464. The molecule has 3 N–H and O–H groups in total. The molecule has 1 saturated heterocycles. The van der Waals surface area contributed by atoms with Gasteiger partial charge in [-0.1, -0.05) is 0 Å². The Balaban J connectivity index is 1.57. The van der Waals surface area contributed by atoms with E-state index >= 15 is 0 Å². The van der Waals surface area contributed by atoms with E-state index in [0.717, 1.165) is 48.7 Å². The number of rotatable bonds is 6. The molecule has 2 aromatic heterocycles. The van der Waals surface area contributed by atoms with Crippen LogP contribution >= 0.6 is 0 Å². The third-order valence-electron chi connectivity index (χ3n) is 7.12. The molecule has 0 spiro atoms. The SMILES string of the molecule is COc1c(Nc2ncc3c(n2)-c2c(c(C(N)=O)nn2C)CC3)cc(N2CCN(C)CC2)cc1C(=O)OC(C)(C)C. The highest BCUT2D eigenvalue weighted by Gasteiger charge is 2.29. The minimum atomic E-state index is -0.675. The van der Waals surface area contributed by atoms with Crippen molar-refractivity contribution < 1.29 is 19.1 Å². The predicted molar refractivity (Wildman–Crippen MR) is 151 cm³/mol. The molecule has 12 heteroatoms. The van der Waals surface area contributed by atoms with Gasteiger partial charge in [0.15, 0.2) is 11.4 Å². The lowest BCUT2D eigenvalue weighted by Crippen LogP contribution is -2.44. The van der Waals surface area contributed by atoms with Crippen LogP contribution in [0.5, 0.6) is 5.75 Å². The van der Waals surface area contributed by atoms with Gasteiger partial charge in [0.1, 0.15) is 11.2 Å². The van der Waals surface area contributed by atoms with Gasteiger partial charge in [-0.3, -0.25) is 9.48 Å². The van der Waals surface area contributed by atoms with Gasteiger partial charge in [-0.2, -0.15) is 5.10 Å². The Morgan fingerprint density at radius 3 is 2.45 bits per heavy atom. The number of primary amides is 1. The Labute approximate surface area is 233 Å². The van der Waals surface area contributed by atoms with Gasteiger partial charge in [-0.05, 0) is 58.4 Å². The molecule has 0 saturated carbocycles. The van der Waals surface area contributed by atoms with E-state index < -0.39 is 17.5 Å². The highest BCUT2D eigenvalue weighted by atomic mass is 16.6. The highest BCUT2D eigenvalue weighted by Crippen LogP contribution is 2.38. The molecule has 0 unspecified atom stereocenters. The van der Waals surface area contributed by atoms with Crippen LogP contribution in [-0.4, -0.2) is 82.5 Å². The van der Waals surface area contributed by atoms with Crippen molar-refractivity contribution in [2.24, 2.45) is 12.8 Å². The van der Waals surface area contributed by atoms with E-state index in [1.807, 2.05) is 32.9 Å². The molecule has 212 valence electrons. The Morgan fingerprint density at radius 1 is 1.07 bits per heavy atom. The number of nitrogens with one attached hydrogen (secondary N) is 1. The van der Waals surface area contributed by atoms with E-state index in [2.05, 4.69) is 32.2 Å². The zero-order valence-corrected chi connectivity index (χ0v) is 23.9. The van der Waals surface area contributed by atoms with E-state index in [1.54, 1.807) is 17.9 Å². The van der Waals surface area contributed by atoms with Crippen LogP contribution in [-0.2, 0) is 24.6 Å². The maximum absolute atomic E-state index is 13.3. The summed E-state index contributed by atoms with van der Waals surface area (Å²) >= 11 is 0. The van der Waals surface area contributed by atoms with Crippen molar-refractivity contribution in [3.63, 3.8) is 0 Å². The number of ether oxygens (including phenoxy) is 2. The number of methoxy groups -OCH3 is 1. The van der Waals surface area contributed by atoms with Crippen LogP contribution in [0.15, 0.2) is 18.3 Å². The highest BCUT2D eigenvalue weighted by molar-refractivity contribution is 5.97. The average Bonchev–Trinajstić information content (AvgIpc) is 3.25. The van der Waals surface area contributed by atoms with Crippen LogP contribution in [0.1, 0.15) is 52.7 Å². The maximum Gasteiger partial charge on any atom is 0.342 e. The number of likely N-dealkylation sites (N-methyl/N-ethyl adjacent to an activating group) is 1. The molecule has 1 fully saturated rings. The first kappa shape index (κ1) is 27.4. The minimum absolute atomic E-state index is 0.264. The van der Waals surface area contributed by atoms with Crippen LogP contribution in [0.3, 0.4) is 0 Å². The van der Waals surface area contributed by atoms with Crippen molar-refractivity contribution >= 4 is 29.2 Å². The van der Waals surface area contributed by atoms with Gasteiger partial charge in [0.25, 0.3) is 5.91 Å². The van der Waals surface area contributed by atoms with E-state index in [4.69, 9.17) is 20.2 Å². The molecule has 40 heavy (non-hydrogen) atoms. The fourth-order valence-electron chi connectivity index (χ4n) is 5.19. The molecule has 5 rings (SSSR count). The standard InChI is InChI=1S/C28H36N8O4/c1-28(2,3)40-26(38)19-13-17(36-11-9-34(4)10-12-36)14-20(24(19)39-6)31-27-30-15-16-7-8-18-22(25(29)37)33-35(5)23(18)21(16)32-27/h13-15H,7-12H2,1-6H3,(H2,29,37)(H,30,31,32). The summed E-state index contributed by atoms with van der Waals surface area (Å²) in [6.07, 6.45) is 3.07. The second-order valence-corrected chi connectivity index (χ2v) is 11.2. The molecule has 1 amide bonds. The van der Waals surface area contributed by atoms with Crippen molar-refractivity contribution in [1.82, 2.24) is 24.6 Å². The second-order valence-electron chi connectivity index (χ2n) is 11.2. The van der Waals surface area contributed by atoms with E-state index in [0.29, 0.717) is 41.5 Å². The number of fused-ring (bicyclic) bond motifs is 3. The van der Waals surface area contributed by atoms with Crippen LogP contribution in [0.25, 0.3) is 11.4 Å². The summed E-state index contributed by atoms with van der Waals surface area (Å²) in [6.45, 7) is 8.94. The summed E-state index contributed by atoms with van der Waals surface area (Å²) < 4.78 is 13.1. The van der Waals surface area contributed by atoms with E-state index in [-0.39, 0.29) is 5.69 Å². The molecule has 2 aliphatic rings. The van der Waals surface area contributed by atoms with Gasteiger partial charge in [-0.15, -0.1) is 0 Å². The first-order valence-electron chi connectivity index (χ1n) is 13.3. The molecule has 1 aliphatic heterocycles. The maximum atomic E-state index is 13.3. The van der Waals surface area contributed by atoms with Crippen molar-refractivity contribution in [2.75, 3.05) is 50.6 Å². The predicted octanol–water partition coefficient (Wildman–Crippen LogP) is 2.53. The number of hydrogen-bond donors (Lipinski definition) is 2. The second kappa shape index (κ2) is 10.4.